The zero-order valence-corrected chi connectivity index (χ0v) is 9.52. The van der Waals surface area contributed by atoms with E-state index in [1.807, 2.05) is 20.8 Å². The van der Waals surface area contributed by atoms with Gasteiger partial charge in [-0.15, -0.1) is 0 Å². The Bertz CT molecular complexity index is 380. The molecular formula is C12H16FNO. The zero-order valence-electron chi connectivity index (χ0n) is 9.52. The number of nitrogens with one attached hydrogen (secondary N) is 1. The molecule has 1 N–H and O–H groups in total. The summed E-state index contributed by atoms with van der Waals surface area (Å²) in [5, 5.41) is 2.80. The van der Waals surface area contributed by atoms with Crippen molar-refractivity contribution in [1.29, 1.82) is 0 Å². The van der Waals surface area contributed by atoms with Crippen LogP contribution in [0.1, 0.15) is 36.7 Å². The molecule has 1 amide bonds. The molecule has 1 aromatic rings. The van der Waals surface area contributed by atoms with Crippen molar-refractivity contribution in [3.63, 3.8) is 0 Å². The summed E-state index contributed by atoms with van der Waals surface area (Å²) in [7, 11) is 0. The minimum atomic E-state index is -0.389. The third kappa shape index (κ3) is 3.35. The number of carbonyl (C=O) groups is 1. The normalized spacial score (nSPS) is 11.3. The number of rotatable bonds is 1. The van der Waals surface area contributed by atoms with Crippen molar-refractivity contribution >= 4 is 5.91 Å². The second-order valence-electron chi connectivity index (χ2n) is 4.66. The molecule has 0 saturated heterocycles. The van der Waals surface area contributed by atoms with Gasteiger partial charge in [-0.05, 0) is 45.4 Å². The van der Waals surface area contributed by atoms with E-state index in [0.717, 1.165) is 5.56 Å². The molecule has 0 aliphatic rings. The fourth-order valence-electron chi connectivity index (χ4n) is 1.25. The maximum Gasteiger partial charge on any atom is 0.252 e. The Hall–Kier alpha value is -1.38. The van der Waals surface area contributed by atoms with Gasteiger partial charge in [0, 0.05) is 11.1 Å². The Kier molecular flexibility index (Phi) is 3.12. The number of carbonyl (C=O) groups excluding carboxylic acids is 1. The van der Waals surface area contributed by atoms with Gasteiger partial charge in [-0.1, -0.05) is 6.07 Å². The van der Waals surface area contributed by atoms with Gasteiger partial charge in [-0.3, -0.25) is 4.79 Å². The van der Waals surface area contributed by atoms with Gasteiger partial charge in [0.15, 0.2) is 0 Å². The Labute approximate surface area is 89.5 Å². The molecule has 0 aliphatic carbocycles. The highest BCUT2D eigenvalue weighted by Crippen LogP contribution is 2.11. The van der Waals surface area contributed by atoms with E-state index in [9.17, 15) is 9.18 Å². The molecule has 0 heterocycles. The lowest BCUT2D eigenvalue weighted by Gasteiger charge is -2.21. The molecule has 0 bridgehead atoms. The predicted molar refractivity (Wildman–Crippen MR) is 58.4 cm³/mol. The summed E-state index contributed by atoms with van der Waals surface area (Å²) < 4.78 is 13.0. The number of hydrogen-bond acceptors (Lipinski definition) is 1. The third-order valence-corrected chi connectivity index (χ3v) is 1.93. The Morgan fingerprint density at radius 2 is 1.93 bits per heavy atom. The largest absolute Gasteiger partial charge is 0.347 e. The lowest BCUT2D eigenvalue weighted by Crippen LogP contribution is -2.40. The highest BCUT2D eigenvalue weighted by molar-refractivity contribution is 5.96. The van der Waals surface area contributed by atoms with Crippen molar-refractivity contribution in [3.05, 3.63) is 35.1 Å². The lowest BCUT2D eigenvalue weighted by molar-refractivity contribution is 0.0918. The summed E-state index contributed by atoms with van der Waals surface area (Å²) in [5.41, 5.74) is 0.860. The van der Waals surface area contributed by atoms with E-state index >= 15 is 0 Å². The third-order valence-electron chi connectivity index (χ3n) is 1.93. The second kappa shape index (κ2) is 4.01. The van der Waals surface area contributed by atoms with Crippen LogP contribution in [0.15, 0.2) is 18.2 Å². The topological polar surface area (TPSA) is 29.1 Å². The number of benzene rings is 1. The van der Waals surface area contributed by atoms with Gasteiger partial charge in [0.2, 0.25) is 0 Å². The van der Waals surface area contributed by atoms with Gasteiger partial charge < -0.3 is 5.32 Å². The molecule has 0 aromatic heterocycles. The molecule has 0 radical (unpaired) electrons. The van der Waals surface area contributed by atoms with Crippen molar-refractivity contribution in [2.45, 2.75) is 33.2 Å². The Balaban J connectivity index is 2.96. The number of hydrogen-bond donors (Lipinski definition) is 1. The van der Waals surface area contributed by atoms with Gasteiger partial charge in [-0.2, -0.15) is 0 Å². The first-order valence-electron chi connectivity index (χ1n) is 4.88. The van der Waals surface area contributed by atoms with Crippen LogP contribution in [-0.2, 0) is 0 Å². The highest BCUT2D eigenvalue weighted by atomic mass is 19.1. The molecule has 0 spiro atoms. The van der Waals surface area contributed by atoms with Crippen LogP contribution in [0, 0.1) is 12.7 Å². The molecule has 0 atom stereocenters. The molecule has 1 aromatic carbocycles. The van der Waals surface area contributed by atoms with Crippen LogP contribution < -0.4 is 5.32 Å². The molecule has 82 valence electrons. The zero-order chi connectivity index (χ0) is 11.6. The first kappa shape index (κ1) is 11.7. The van der Waals surface area contributed by atoms with Crippen LogP contribution in [0.2, 0.25) is 0 Å². The molecular weight excluding hydrogens is 193 g/mol. The average Bonchev–Trinajstić information content (AvgIpc) is 2.06. The van der Waals surface area contributed by atoms with Crippen LogP contribution in [-0.4, -0.2) is 11.4 Å². The fourth-order valence-corrected chi connectivity index (χ4v) is 1.25. The van der Waals surface area contributed by atoms with E-state index in [2.05, 4.69) is 5.32 Å². The number of amides is 1. The summed E-state index contributed by atoms with van der Waals surface area (Å²) in [6.45, 7) is 7.45. The van der Waals surface area contributed by atoms with E-state index in [1.165, 1.54) is 12.1 Å². The molecule has 15 heavy (non-hydrogen) atoms. The summed E-state index contributed by atoms with van der Waals surface area (Å²) in [5.74, 6) is -0.626. The molecule has 0 unspecified atom stereocenters. The van der Waals surface area contributed by atoms with Crippen LogP contribution in [0.4, 0.5) is 4.39 Å². The van der Waals surface area contributed by atoms with Crippen molar-refractivity contribution in [2.75, 3.05) is 0 Å². The van der Waals surface area contributed by atoms with Gasteiger partial charge in [-0.25, -0.2) is 4.39 Å². The molecule has 0 fully saturated rings. The number of aryl methyl sites for hydroxylation is 1. The molecule has 0 aliphatic heterocycles. The van der Waals surface area contributed by atoms with E-state index in [4.69, 9.17) is 0 Å². The van der Waals surface area contributed by atoms with Gasteiger partial charge in [0.1, 0.15) is 5.82 Å². The quantitative estimate of drug-likeness (QED) is 0.757. The smallest absolute Gasteiger partial charge is 0.252 e. The maximum absolute atomic E-state index is 13.0. The molecule has 3 heteroatoms. The van der Waals surface area contributed by atoms with E-state index in [-0.39, 0.29) is 17.3 Å². The minimum Gasteiger partial charge on any atom is -0.347 e. The van der Waals surface area contributed by atoms with Gasteiger partial charge in [0.25, 0.3) is 5.91 Å². The minimum absolute atomic E-state index is 0.237. The van der Waals surface area contributed by atoms with E-state index in [1.54, 1.807) is 13.0 Å². The molecule has 1 rings (SSSR count). The maximum atomic E-state index is 13.0. The Morgan fingerprint density at radius 1 is 1.33 bits per heavy atom. The summed E-state index contributed by atoms with van der Waals surface area (Å²) >= 11 is 0. The van der Waals surface area contributed by atoms with Crippen molar-refractivity contribution in [2.24, 2.45) is 0 Å². The van der Waals surface area contributed by atoms with Crippen LogP contribution in [0.25, 0.3) is 0 Å². The second-order valence-corrected chi connectivity index (χ2v) is 4.66. The SMILES string of the molecule is Cc1ccc(F)cc1C(=O)NC(C)(C)C. The summed E-state index contributed by atoms with van der Waals surface area (Å²) in [6.07, 6.45) is 0. The van der Waals surface area contributed by atoms with Crippen LogP contribution in [0.5, 0.6) is 0 Å². The van der Waals surface area contributed by atoms with E-state index < -0.39 is 0 Å². The predicted octanol–water partition coefficient (Wildman–Crippen LogP) is 2.66. The average molecular weight is 209 g/mol. The summed E-state index contributed by atoms with van der Waals surface area (Å²) in [4.78, 5) is 11.8. The summed E-state index contributed by atoms with van der Waals surface area (Å²) in [6, 6.07) is 4.21. The molecule has 0 saturated carbocycles. The van der Waals surface area contributed by atoms with E-state index in [0.29, 0.717) is 5.56 Å². The van der Waals surface area contributed by atoms with Gasteiger partial charge in [0.05, 0.1) is 0 Å². The first-order valence-corrected chi connectivity index (χ1v) is 4.88. The molecule has 2 nitrogen and oxygen atoms in total. The highest BCUT2D eigenvalue weighted by Gasteiger charge is 2.16. The van der Waals surface area contributed by atoms with Crippen molar-refractivity contribution < 1.29 is 9.18 Å². The Morgan fingerprint density at radius 3 is 2.47 bits per heavy atom. The van der Waals surface area contributed by atoms with Crippen molar-refractivity contribution in [3.8, 4) is 0 Å². The standard InChI is InChI=1S/C12H16FNO/c1-8-5-6-9(13)7-10(8)11(15)14-12(2,3)4/h5-7H,1-4H3,(H,14,15). The van der Waals surface area contributed by atoms with Crippen molar-refractivity contribution in [1.82, 2.24) is 5.32 Å². The first-order chi connectivity index (χ1) is 6.79. The lowest BCUT2D eigenvalue weighted by atomic mass is 10.0. The number of halogens is 1. The van der Waals surface area contributed by atoms with Crippen LogP contribution in [0.3, 0.4) is 0 Å². The van der Waals surface area contributed by atoms with Gasteiger partial charge >= 0.3 is 0 Å². The fraction of sp³-hybridized carbons (Fsp3) is 0.417. The monoisotopic (exact) mass is 209 g/mol. The van der Waals surface area contributed by atoms with Crippen LogP contribution >= 0.6 is 0 Å².